The van der Waals surface area contributed by atoms with Crippen molar-refractivity contribution in [3.63, 3.8) is 0 Å². The van der Waals surface area contributed by atoms with Crippen LogP contribution in [0.25, 0.3) is 0 Å². The van der Waals surface area contributed by atoms with Crippen LogP contribution in [0.3, 0.4) is 0 Å². The molecule has 0 aliphatic carbocycles. The summed E-state index contributed by atoms with van der Waals surface area (Å²) in [7, 11) is 0. The quantitative estimate of drug-likeness (QED) is 0.871. The van der Waals surface area contributed by atoms with Gasteiger partial charge in [-0.2, -0.15) is 0 Å². The summed E-state index contributed by atoms with van der Waals surface area (Å²) in [5, 5.41) is 15.7. The molecule has 0 saturated carbocycles. The van der Waals surface area contributed by atoms with E-state index in [0.717, 1.165) is 5.56 Å². The average Bonchev–Trinajstić information content (AvgIpc) is 2.76. The highest BCUT2D eigenvalue weighted by Crippen LogP contribution is 2.16. The lowest BCUT2D eigenvalue weighted by Crippen LogP contribution is -2.10. The van der Waals surface area contributed by atoms with E-state index in [4.69, 9.17) is 4.52 Å². The van der Waals surface area contributed by atoms with Crippen LogP contribution < -0.4 is 5.32 Å². The normalized spacial score (nSPS) is 12.2. The van der Waals surface area contributed by atoms with Crippen LogP contribution in [-0.4, -0.2) is 16.2 Å². The van der Waals surface area contributed by atoms with Crippen molar-refractivity contribution in [1.82, 2.24) is 5.16 Å². The number of aliphatic hydroxyl groups excluding tert-OH is 1. The number of carbonyl (C=O) groups excluding carboxylic acids is 1. The molecule has 5 heteroatoms. The van der Waals surface area contributed by atoms with Crippen LogP contribution >= 0.6 is 0 Å². The minimum absolute atomic E-state index is 0.173. The summed E-state index contributed by atoms with van der Waals surface area (Å²) in [6.07, 6.45) is -0.522. The van der Waals surface area contributed by atoms with Crippen LogP contribution in [0.1, 0.15) is 34.8 Å². The SMILES string of the molecule is Cc1cc(C(=O)Nc2ccc(C(C)O)cc2)on1. The summed E-state index contributed by atoms with van der Waals surface area (Å²) in [5.41, 5.74) is 2.09. The van der Waals surface area contributed by atoms with Gasteiger partial charge in [0.05, 0.1) is 11.8 Å². The minimum atomic E-state index is -0.522. The fourth-order valence-corrected chi connectivity index (χ4v) is 1.51. The van der Waals surface area contributed by atoms with Crippen LogP contribution in [0.15, 0.2) is 34.9 Å². The number of nitrogens with one attached hydrogen (secondary N) is 1. The van der Waals surface area contributed by atoms with E-state index in [1.807, 2.05) is 0 Å². The zero-order chi connectivity index (χ0) is 13.1. The van der Waals surface area contributed by atoms with E-state index in [-0.39, 0.29) is 11.7 Å². The van der Waals surface area contributed by atoms with Gasteiger partial charge in [0.2, 0.25) is 5.76 Å². The summed E-state index contributed by atoms with van der Waals surface area (Å²) in [5.74, 6) is -0.174. The summed E-state index contributed by atoms with van der Waals surface area (Å²) in [4.78, 5) is 11.8. The lowest BCUT2D eigenvalue weighted by atomic mass is 10.1. The molecular weight excluding hydrogens is 232 g/mol. The number of anilines is 1. The molecule has 5 nitrogen and oxygen atoms in total. The fourth-order valence-electron chi connectivity index (χ4n) is 1.51. The van der Waals surface area contributed by atoms with E-state index in [1.54, 1.807) is 44.2 Å². The lowest BCUT2D eigenvalue weighted by Gasteiger charge is -2.06. The van der Waals surface area contributed by atoms with Gasteiger partial charge >= 0.3 is 0 Å². The Morgan fingerprint density at radius 1 is 1.39 bits per heavy atom. The molecule has 0 spiro atoms. The second-order valence-electron chi connectivity index (χ2n) is 4.08. The molecule has 0 saturated heterocycles. The number of hydrogen-bond acceptors (Lipinski definition) is 4. The standard InChI is InChI=1S/C13H14N2O3/c1-8-7-12(18-15-8)13(17)14-11-5-3-10(4-6-11)9(2)16/h3-7,9,16H,1-2H3,(H,14,17). The maximum absolute atomic E-state index is 11.8. The molecule has 1 amide bonds. The molecule has 0 aliphatic heterocycles. The second-order valence-corrected chi connectivity index (χ2v) is 4.08. The number of aryl methyl sites for hydroxylation is 1. The first-order valence-electron chi connectivity index (χ1n) is 5.59. The first kappa shape index (κ1) is 12.3. The van der Waals surface area contributed by atoms with Crippen molar-refractivity contribution in [1.29, 1.82) is 0 Å². The van der Waals surface area contributed by atoms with Gasteiger partial charge < -0.3 is 14.9 Å². The molecule has 0 bridgehead atoms. The summed E-state index contributed by atoms with van der Waals surface area (Å²) in [6, 6.07) is 8.53. The van der Waals surface area contributed by atoms with Crippen LogP contribution in [0.2, 0.25) is 0 Å². The van der Waals surface area contributed by atoms with E-state index in [1.165, 1.54) is 0 Å². The van der Waals surface area contributed by atoms with Gasteiger partial charge in [0.1, 0.15) is 0 Å². The van der Waals surface area contributed by atoms with Crippen molar-refractivity contribution in [2.45, 2.75) is 20.0 Å². The molecule has 2 aromatic rings. The summed E-state index contributed by atoms with van der Waals surface area (Å²) < 4.78 is 4.86. The fraction of sp³-hybridized carbons (Fsp3) is 0.231. The molecular formula is C13H14N2O3. The number of hydrogen-bond donors (Lipinski definition) is 2. The smallest absolute Gasteiger partial charge is 0.294 e. The van der Waals surface area contributed by atoms with Gasteiger partial charge in [-0.25, -0.2) is 0 Å². The van der Waals surface area contributed by atoms with Crippen molar-refractivity contribution >= 4 is 11.6 Å². The molecule has 0 radical (unpaired) electrons. The Kier molecular flexibility index (Phi) is 3.43. The molecule has 1 atom stereocenters. The summed E-state index contributed by atoms with van der Waals surface area (Å²) in [6.45, 7) is 3.43. The number of aliphatic hydroxyl groups is 1. The minimum Gasteiger partial charge on any atom is -0.389 e. The number of rotatable bonds is 3. The van der Waals surface area contributed by atoms with Gasteiger partial charge in [-0.05, 0) is 31.5 Å². The first-order valence-corrected chi connectivity index (χ1v) is 5.59. The van der Waals surface area contributed by atoms with Gasteiger partial charge in [0, 0.05) is 11.8 Å². The molecule has 1 heterocycles. The molecule has 2 rings (SSSR count). The van der Waals surface area contributed by atoms with Crippen molar-refractivity contribution in [2.75, 3.05) is 5.32 Å². The van der Waals surface area contributed by atoms with E-state index in [9.17, 15) is 9.90 Å². The van der Waals surface area contributed by atoms with Crippen molar-refractivity contribution in [3.05, 3.63) is 47.3 Å². The van der Waals surface area contributed by atoms with Crippen LogP contribution in [0.4, 0.5) is 5.69 Å². The third-order valence-electron chi connectivity index (χ3n) is 2.50. The monoisotopic (exact) mass is 246 g/mol. The zero-order valence-corrected chi connectivity index (χ0v) is 10.2. The van der Waals surface area contributed by atoms with Gasteiger partial charge in [-0.1, -0.05) is 17.3 Å². The summed E-state index contributed by atoms with van der Waals surface area (Å²) >= 11 is 0. The highest BCUT2D eigenvalue weighted by atomic mass is 16.5. The second kappa shape index (κ2) is 5.01. The predicted molar refractivity (Wildman–Crippen MR) is 66.3 cm³/mol. The van der Waals surface area contributed by atoms with E-state index < -0.39 is 6.10 Å². The Balaban J connectivity index is 2.07. The van der Waals surface area contributed by atoms with Gasteiger partial charge in [-0.15, -0.1) is 0 Å². The molecule has 18 heavy (non-hydrogen) atoms. The van der Waals surface area contributed by atoms with Crippen LogP contribution in [0.5, 0.6) is 0 Å². The molecule has 1 aromatic carbocycles. The Labute approximate surface area is 104 Å². The Hall–Kier alpha value is -2.14. The van der Waals surface area contributed by atoms with E-state index in [2.05, 4.69) is 10.5 Å². The number of carbonyl (C=O) groups is 1. The molecule has 1 aromatic heterocycles. The molecule has 1 unspecified atom stereocenters. The van der Waals surface area contributed by atoms with E-state index >= 15 is 0 Å². The Morgan fingerprint density at radius 3 is 2.56 bits per heavy atom. The molecule has 0 fully saturated rings. The third-order valence-corrected chi connectivity index (χ3v) is 2.50. The number of amides is 1. The Morgan fingerprint density at radius 2 is 2.06 bits per heavy atom. The zero-order valence-electron chi connectivity index (χ0n) is 10.2. The third kappa shape index (κ3) is 2.75. The largest absolute Gasteiger partial charge is 0.389 e. The highest BCUT2D eigenvalue weighted by Gasteiger charge is 2.11. The van der Waals surface area contributed by atoms with Crippen molar-refractivity contribution < 1.29 is 14.4 Å². The highest BCUT2D eigenvalue weighted by molar-refractivity contribution is 6.02. The number of nitrogens with zero attached hydrogens (tertiary/aromatic N) is 1. The van der Waals surface area contributed by atoms with Crippen molar-refractivity contribution in [2.24, 2.45) is 0 Å². The van der Waals surface area contributed by atoms with Gasteiger partial charge in [-0.3, -0.25) is 4.79 Å². The van der Waals surface area contributed by atoms with Crippen LogP contribution in [-0.2, 0) is 0 Å². The lowest BCUT2D eigenvalue weighted by molar-refractivity contribution is 0.0988. The Bertz CT molecular complexity index is 544. The molecule has 2 N–H and O–H groups in total. The predicted octanol–water partition coefficient (Wildman–Crippen LogP) is 2.29. The molecule has 0 aliphatic rings. The van der Waals surface area contributed by atoms with Gasteiger partial charge in [0.25, 0.3) is 5.91 Å². The number of aromatic nitrogens is 1. The first-order chi connectivity index (χ1) is 8.56. The topological polar surface area (TPSA) is 75.4 Å². The maximum Gasteiger partial charge on any atom is 0.294 e. The number of benzene rings is 1. The average molecular weight is 246 g/mol. The van der Waals surface area contributed by atoms with Crippen molar-refractivity contribution in [3.8, 4) is 0 Å². The van der Waals surface area contributed by atoms with E-state index in [0.29, 0.717) is 11.4 Å². The van der Waals surface area contributed by atoms with Gasteiger partial charge in [0.15, 0.2) is 0 Å². The molecule has 94 valence electrons. The van der Waals surface area contributed by atoms with Crippen LogP contribution in [0, 0.1) is 6.92 Å². The maximum atomic E-state index is 11.8.